The fraction of sp³-hybridized carbons (Fsp3) is 0.526. The van der Waals surface area contributed by atoms with E-state index in [1.54, 1.807) is 4.90 Å². The molecule has 0 amide bonds. The third-order valence-electron chi connectivity index (χ3n) is 5.48. The molecular formula is C19H22F3N5. The Hall–Kier alpha value is -2.38. The number of aromatic nitrogens is 3. The minimum Gasteiger partial charge on any atom is -0.354 e. The van der Waals surface area contributed by atoms with Gasteiger partial charge in [-0.1, -0.05) is 0 Å². The van der Waals surface area contributed by atoms with Crippen LogP contribution in [-0.2, 0) is 6.18 Å². The number of nitrogens with zero attached hydrogens (tertiary/aromatic N) is 5. The van der Waals surface area contributed by atoms with Gasteiger partial charge in [-0.25, -0.2) is 15.0 Å². The van der Waals surface area contributed by atoms with Gasteiger partial charge in [0, 0.05) is 37.2 Å². The summed E-state index contributed by atoms with van der Waals surface area (Å²) in [7, 11) is 0. The van der Waals surface area contributed by atoms with Crippen molar-refractivity contribution in [3.63, 3.8) is 0 Å². The fourth-order valence-electron chi connectivity index (χ4n) is 4.29. The van der Waals surface area contributed by atoms with Crippen LogP contribution < -0.4 is 9.80 Å². The number of alkyl halides is 3. The van der Waals surface area contributed by atoms with Crippen LogP contribution in [-0.4, -0.2) is 40.6 Å². The molecule has 2 aliphatic heterocycles. The monoisotopic (exact) mass is 377 g/mol. The highest BCUT2D eigenvalue weighted by molar-refractivity contribution is 5.50. The summed E-state index contributed by atoms with van der Waals surface area (Å²) in [5.74, 6) is 1.15. The lowest BCUT2D eigenvalue weighted by Gasteiger charge is -2.39. The van der Waals surface area contributed by atoms with Crippen molar-refractivity contribution in [1.29, 1.82) is 0 Å². The van der Waals surface area contributed by atoms with Gasteiger partial charge < -0.3 is 9.80 Å². The van der Waals surface area contributed by atoms with E-state index in [4.69, 9.17) is 0 Å². The Balaban J connectivity index is 1.63. The number of pyridine rings is 1. The maximum absolute atomic E-state index is 13.4. The van der Waals surface area contributed by atoms with Crippen LogP contribution in [0.25, 0.3) is 0 Å². The first-order valence-corrected chi connectivity index (χ1v) is 9.19. The largest absolute Gasteiger partial charge is 0.419 e. The molecule has 2 aromatic rings. The third kappa shape index (κ3) is 3.44. The van der Waals surface area contributed by atoms with Gasteiger partial charge in [0.15, 0.2) is 0 Å². The van der Waals surface area contributed by atoms with Crippen LogP contribution in [0.1, 0.15) is 29.8 Å². The molecule has 0 N–H and O–H groups in total. The molecule has 4 rings (SSSR count). The molecule has 0 spiro atoms. The van der Waals surface area contributed by atoms with Crippen molar-refractivity contribution in [3.05, 3.63) is 41.3 Å². The van der Waals surface area contributed by atoms with E-state index < -0.39 is 11.7 Å². The van der Waals surface area contributed by atoms with Crippen LogP contribution in [0.2, 0.25) is 0 Å². The highest BCUT2D eigenvalue weighted by Crippen LogP contribution is 2.39. The third-order valence-corrected chi connectivity index (χ3v) is 5.48. The predicted octanol–water partition coefficient (Wildman–Crippen LogP) is 3.61. The Morgan fingerprint density at radius 3 is 2.48 bits per heavy atom. The quantitative estimate of drug-likeness (QED) is 0.800. The average Bonchev–Trinajstić information content (AvgIpc) is 3.03. The molecule has 27 heavy (non-hydrogen) atoms. The summed E-state index contributed by atoms with van der Waals surface area (Å²) < 4.78 is 40.2. The van der Waals surface area contributed by atoms with E-state index in [9.17, 15) is 13.2 Å². The number of anilines is 2. The zero-order valence-electron chi connectivity index (χ0n) is 15.4. The molecule has 0 saturated carbocycles. The normalized spacial score (nSPS) is 22.9. The van der Waals surface area contributed by atoms with Crippen LogP contribution in [0.4, 0.5) is 24.9 Å². The van der Waals surface area contributed by atoms with Gasteiger partial charge in [-0.05, 0) is 50.8 Å². The molecule has 0 aliphatic carbocycles. The number of aryl methyl sites for hydroxylation is 2. The maximum Gasteiger partial charge on any atom is 0.419 e. The standard InChI is InChI=1S/C19H22F3N5/c1-12-10-13(2)25-18(24-12)27-9-6-14-5-8-26(11-16(14)27)17-15(19(20,21)22)4-3-7-23-17/h3-4,7,10,14,16H,5-6,8-9,11H2,1-2H3. The van der Waals surface area contributed by atoms with Gasteiger partial charge in [0.1, 0.15) is 5.82 Å². The minimum atomic E-state index is -4.41. The van der Waals surface area contributed by atoms with Crippen LogP contribution in [0.5, 0.6) is 0 Å². The molecule has 144 valence electrons. The molecule has 2 fully saturated rings. The van der Waals surface area contributed by atoms with E-state index in [2.05, 4.69) is 19.9 Å². The Labute approximate surface area is 156 Å². The van der Waals surface area contributed by atoms with Crippen LogP contribution in [0.15, 0.2) is 24.4 Å². The second kappa shape index (κ2) is 6.65. The number of piperidine rings is 1. The average molecular weight is 377 g/mol. The van der Waals surface area contributed by atoms with Gasteiger partial charge in [-0.15, -0.1) is 0 Å². The fourth-order valence-corrected chi connectivity index (χ4v) is 4.29. The summed E-state index contributed by atoms with van der Waals surface area (Å²) in [6.45, 7) is 5.79. The van der Waals surface area contributed by atoms with Gasteiger partial charge >= 0.3 is 6.18 Å². The van der Waals surface area contributed by atoms with Crippen molar-refractivity contribution in [3.8, 4) is 0 Å². The van der Waals surface area contributed by atoms with Crippen LogP contribution in [0, 0.1) is 19.8 Å². The molecule has 2 aliphatic rings. The molecule has 2 aromatic heterocycles. The van der Waals surface area contributed by atoms with E-state index in [0.717, 1.165) is 36.8 Å². The second-order valence-electron chi connectivity index (χ2n) is 7.37. The first-order valence-electron chi connectivity index (χ1n) is 9.19. The lowest BCUT2D eigenvalue weighted by Crippen LogP contribution is -2.49. The van der Waals surface area contributed by atoms with Gasteiger partial charge in [0.05, 0.1) is 11.6 Å². The highest BCUT2D eigenvalue weighted by atomic mass is 19.4. The minimum absolute atomic E-state index is 0.0247. The van der Waals surface area contributed by atoms with Crippen molar-refractivity contribution in [2.45, 2.75) is 38.9 Å². The molecule has 0 aromatic carbocycles. The number of hydrogen-bond acceptors (Lipinski definition) is 5. The highest BCUT2D eigenvalue weighted by Gasteiger charge is 2.42. The topological polar surface area (TPSA) is 45.2 Å². The predicted molar refractivity (Wildman–Crippen MR) is 96.8 cm³/mol. The van der Waals surface area contributed by atoms with E-state index >= 15 is 0 Å². The maximum atomic E-state index is 13.4. The Bertz CT molecular complexity index is 818. The molecule has 5 nitrogen and oxygen atoms in total. The van der Waals surface area contributed by atoms with Crippen LogP contribution >= 0.6 is 0 Å². The Kier molecular flexibility index (Phi) is 4.44. The molecule has 0 radical (unpaired) electrons. The van der Waals surface area contributed by atoms with Gasteiger partial charge in [-0.3, -0.25) is 0 Å². The number of halogens is 3. The lowest BCUT2D eigenvalue weighted by molar-refractivity contribution is -0.137. The summed E-state index contributed by atoms with van der Waals surface area (Å²) in [5.41, 5.74) is 1.13. The molecule has 0 bridgehead atoms. The van der Waals surface area contributed by atoms with Crippen molar-refractivity contribution in [2.24, 2.45) is 5.92 Å². The zero-order valence-corrected chi connectivity index (χ0v) is 15.4. The molecule has 2 saturated heterocycles. The van der Waals surface area contributed by atoms with Crippen molar-refractivity contribution in [2.75, 3.05) is 29.4 Å². The Morgan fingerprint density at radius 2 is 1.78 bits per heavy atom. The van der Waals surface area contributed by atoms with Gasteiger partial charge in [0.2, 0.25) is 5.95 Å². The smallest absolute Gasteiger partial charge is 0.354 e. The van der Waals surface area contributed by atoms with Crippen LogP contribution in [0.3, 0.4) is 0 Å². The SMILES string of the molecule is Cc1cc(C)nc(N2CCC3CCN(c4ncccc4C(F)(F)F)CC32)n1. The second-order valence-corrected chi connectivity index (χ2v) is 7.37. The zero-order chi connectivity index (χ0) is 19.2. The Morgan fingerprint density at radius 1 is 1.07 bits per heavy atom. The van der Waals surface area contributed by atoms with E-state index in [-0.39, 0.29) is 11.9 Å². The lowest BCUT2D eigenvalue weighted by atomic mass is 9.92. The summed E-state index contributed by atoms with van der Waals surface area (Å²) in [6, 6.07) is 4.47. The van der Waals surface area contributed by atoms with Crippen molar-refractivity contribution < 1.29 is 13.2 Å². The molecule has 8 heteroatoms. The number of rotatable bonds is 2. The molecule has 4 heterocycles. The van der Waals surface area contributed by atoms with Gasteiger partial charge in [0.25, 0.3) is 0 Å². The number of hydrogen-bond donors (Lipinski definition) is 0. The molecule has 2 atom stereocenters. The number of fused-ring (bicyclic) bond motifs is 1. The summed E-state index contributed by atoms with van der Waals surface area (Å²) in [5, 5.41) is 0. The van der Waals surface area contributed by atoms with E-state index in [1.807, 2.05) is 19.9 Å². The van der Waals surface area contributed by atoms with Crippen molar-refractivity contribution >= 4 is 11.8 Å². The van der Waals surface area contributed by atoms with E-state index in [0.29, 0.717) is 25.0 Å². The summed E-state index contributed by atoms with van der Waals surface area (Å²) in [4.78, 5) is 17.1. The first kappa shape index (κ1) is 18.0. The van der Waals surface area contributed by atoms with Crippen molar-refractivity contribution in [1.82, 2.24) is 15.0 Å². The first-order chi connectivity index (χ1) is 12.8. The van der Waals surface area contributed by atoms with Gasteiger partial charge in [-0.2, -0.15) is 13.2 Å². The van der Waals surface area contributed by atoms with E-state index in [1.165, 1.54) is 12.3 Å². The molecular weight excluding hydrogens is 355 g/mol. The summed E-state index contributed by atoms with van der Waals surface area (Å²) in [6.07, 6.45) is -1.12. The molecule has 2 unspecified atom stereocenters. The summed E-state index contributed by atoms with van der Waals surface area (Å²) >= 11 is 0.